The lowest BCUT2D eigenvalue weighted by Gasteiger charge is -2.05. The van der Waals surface area contributed by atoms with Crippen LogP contribution in [0.1, 0.15) is 30.6 Å². The van der Waals surface area contributed by atoms with E-state index in [9.17, 15) is 4.79 Å². The highest BCUT2D eigenvalue weighted by atomic mass is 16.1. The summed E-state index contributed by atoms with van der Waals surface area (Å²) in [6.07, 6.45) is 0.549. The van der Waals surface area contributed by atoms with Gasteiger partial charge in [-0.05, 0) is 12.3 Å². The van der Waals surface area contributed by atoms with E-state index in [0.717, 1.165) is 0 Å². The second-order valence-electron chi connectivity index (χ2n) is 3.77. The highest BCUT2D eigenvalue weighted by molar-refractivity contribution is 6.44. The maximum absolute atomic E-state index is 11.7. The Kier molecular flexibility index (Phi) is 3.57. The molecule has 1 aromatic carbocycles. The number of hydrogen-bond acceptors (Lipinski definition) is 2. The summed E-state index contributed by atoms with van der Waals surface area (Å²) < 4.78 is 0. The molecule has 2 nitrogen and oxygen atoms in total. The van der Waals surface area contributed by atoms with Crippen LogP contribution in [0.3, 0.4) is 0 Å². The predicted molar refractivity (Wildman–Crippen MR) is 58.0 cm³/mol. The van der Waals surface area contributed by atoms with Gasteiger partial charge in [0.15, 0.2) is 0 Å². The Balaban J connectivity index is 2.72. The highest BCUT2D eigenvalue weighted by Gasteiger charge is 2.12. The molecule has 0 amide bonds. The molecular weight excluding hydrogens is 174 g/mol. The number of nitrogens with one attached hydrogen (secondary N) is 1. The number of ketones is 1. The van der Waals surface area contributed by atoms with Crippen molar-refractivity contribution in [2.75, 3.05) is 0 Å². The van der Waals surface area contributed by atoms with E-state index < -0.39 is 0 Å². The van der Waals surface area contributed by atoms with Crippen molar-refractivity contribution in [3.63, 3.8) is 0 Å². The number of Topliss-reactive ketones (excluding diaryl/α,β-unsaturated/α-hetero) is 1. The molecule has 0 bridgehead atoms. The normalized spacial score (nSPS) is 10.2. The van der Waals surface area contributed by atoms with Gasteiger partial charge >= 0.3 is 0 Å². The van der Waals surface area contributed by atoms with Crippen LogP contribution in [0.2, 0.25) is 0 Å². The highest BCUT2D eigenvalue weighted by Crippen LogP contribution is 2.07. The van der Waals surface area contributed by atoms with Gasteiger partial charge in [-0.2, -0.15) is 0 Å². The van der Waals surface area contributed by atoms with Gasteiger partial charge in [0.2, 0.25) is 5.78 Å². The van der Waals surface area contributed by atoms with E-state index in [-0.39, 0.29) is 11.5 Å². The molecule has 0 saturated carbocycles. The third-order valence-corrected chi connectivity index (χ3v) is 1.92. The Morgan fingerprint density at radius 2 is 1.86 bits per heavy atom. The Morgan fingerprint density at radius 1 is 1.29 bits per heavy atom. The Labute approximate surface area is 84.5 Å². The summed E-state index contributed by atoms with van der Waals surface area (Å²) >= 11 is 0. The average Bonchev–Trinajstić information content (AvgIpc) is 2.17. The number of carbonyl (C=O) groups is 1. The molecule has 14 heavy (non-hydrogen) atoms. The van der Waals surface area contributed by atoms with E-state index in [1.807, 2.05) is 32.0 Å². The predicted octanol–water partition coefficient (Wildman–Crippen LogP) is 2.94. The zero-order chi connectivity index (χ0) is 10.6. The van der Waals surface area contributed by atoms with Crippen molar-refractivity contribution < 1.29 is 4.79 Å². The molecule has 1 N–H and O–H groups in total. The van der Waals surface area contributed by atoms with Crippen LogP contribution in [-0.2, 0) is 0 Å². The van der Waals surface area contributed by atoms with E-state index in [4.69, 9.17) is 5.41 Å². The van der Waals surface area contributed by atoms with Gasteiger partial charge in [-0.1, -0.05) is 44.2 Å². The van der Waals surface area contributed by atoms with Gasteiger partial charge < -0.3 is 5.41 Å². The van der Waals surface area contributed by atoms with Gasteiger partial charge in [0.25, 0.3) is 0 Å². The fourth-order valence-corrected chi connectivity index (χ4v) is 1.26. The second-order valence-corrected chi connectivity index (χ2v) is 3.77. The molecule has 1 rings (SSSR count). The first-order chi connectivity index (χ1) is 6.61. The van der Waals surface area contributed by atoms with Crippen LogP contribution >= 0.6 is 0 Å². The quantitative estimate of drug-likeness (QED) is 0.574. The van der Waals surface area contributed by atoms with Gasteiger partial charge in [0, 0.05) is 5.56 Å². The second kappa shape index (κ2) is 4.70. The van der Waals surface area contributed by atoms with Crippen molar-refractivity contribution in [3.05, 3.63) is 35.9 Å². The lowest BCUT2D eigenvalue weighted by atomic mass is 9.99. The van der Waals surface area contributed by atoms with Crippen LogP contribution in [0.4, 0.5) is 0 Å². The van der Waals surface area contributed by atoms with Crippen molar-refractivity contribution in [1.29, 1.82) is 5.41 Å². The van der Waals surface area contributed by atoms with Gasteiger partial charge in [-0.15, -0.1) is 0 Å². The third-order valence-electron chi connectivity index (χ3n) is 1.92. The van der Waals surface area contributed by atoms with Gasteiger partial charge in [0.1, 0.15) is 0 Å². The minimum atomic E-state index is -0.153. The summed E-state index contributed by atoms with van der Waals surface area (Å²) in [5.74, 6) is 0.203. The monoisotopic (exact) mass is 189 g/mol. The fourth-order valence-electron chi connectivity index (χ4n) is 1.26. The van der Waals surface area contributed by atoms with Gasteiger partial charge in [-0.3, -0.25) is 4.79 Å². The van der Waals surface area contributed by atoms with Crippen molar-refractivity contribution in [3.8, 4) is 0 Å². The molecule has 0 spiro atoms. The fraction of sp³-hybridized carbons (Fsp3) is 0.333. The molecule has 0 unspecified atom stereocenters. The molecule has 0 fully saturated rings. The SMILES string of the molecule is CC(C)CC(=N)C(=O)c1ccccc1. The van der Waals surface area contributed by atoms with Crippen molar-refractivity contribution in [1.82, 2.24) is 0 Å². The zero-order valence-corrected chi connectivity index (χ0v) is 8.58. The van der Waals surface area contributed by atoms with Crippen LogP contribution in [0, 0.1) is 11.3 Å². The van der Waals surface area contributed by atoms with E-state index in [2.05, 4.69) is 0 Å². The van der Waals surface area contributed by atoms with Crippen molar-refractivity contribution in [2.45, 2.75) is 20.3 Å². The van der Waals surface area contributed by atoms with Crippen LogP contribution in [0.15, 0.2) is 30.3 Å². The summed E-state index contributed by atoms with van der Waals surface area (Å²) in [5, 5.41) is 7.61. The van der Waals surface area contributed by atoms with Crippen molar-refractivity contribution in [2.24, 2.45) is 5.92 Å². The maximum atomic E-state index is 11.7. The molecule has 1 aromatic rings. The van der Waals surface area contributed by atoms with E-state index >= 15 is 0 Å². The molecule has 0 saturated heterocycles. The molecule has 74 valence electrons. The minimum absolute atomic E-state index is 0.153. The lowest BCUT2D eigenvalue weighted by Crippen LogP contribution is -2.15. The molecule has 0 aliphatic rings. The van der Waals surface area contributed by atoms with E-state index in [1.165, 1.54) is 0 Å². The number of benzene rings is 1. The zero-order valence-electron chi connectivity index (χ0n) is 8.58. The van der Waals surface area contributed by atoms with Crippen LogP contribution in [0.25, 0.3) is 0 Å². The molecule has 0 aliphatic carbocycles. The summed E-state index contributed by atoms with van der Waals surface area (Å²) in [5.41, 5.74) is 0.810. The minimum Gasteiger partial charge on any atom is -0.301 e. The molecule has 0 radical (unpaired) electrons. The van der Waals surface area contributed by atoms with Crippen LogP contribution < -0.4 is 0 Å². The molecular formula is C12H15NO. The molecule has 0 aliphatic heterocycles. The van der Waals surface area contributed by atoms with Crippen molar-refractivity contribution >= 4 is 11.5 Å². The number of rotatable bonds is 4. The molecule has 2 heteroatoms. The van der Waals surface area contributed by atoms with Crippen LogP contribution in [0.5, 0.6) is 0 Å². The summed E-state index contributed by atoms with van der Waals surface area (Å²) in [6.45, 7) is 4.01. The molecule has 0 atom stereocenters. The maximum Gasteiger partial charge on any atom is 0.206 e. The average molecular weight is 189 g/mol. The van der Waals surface area contributed by atoms with E-state index in [1.54, 1.807) is 12.1 Å². The first kappa shape index (κ1) is 10.6. The smallest absolute Gasteiger partial charge is 0.206 e. The molecule has 0 aromatic heterocycles. The van der Waals surface area contributed by atoms with Crippen LogP contribution in [-0.4, -0.2) is 11.5 Å². The Hall–Kier alpha value is -1.44. The van der Waals surface area contributed by atoms with Gasteiger partial charge in [-0.25, -0.2) is 0 Å². The summed E-state index contributed by atoms with van der Waals surface area (Å²) in [4.78, 5) is 11.7. The topological polar surface area (TPSA) is 40.9 Å². The Bertz CT molecular complexity index is 327. The standard InChI is InChI=1S/C12H15NO/c1-9(2)8-11(13)12(14)10-6-4-3-5-7-10/h3-7,9,13H,8H2,1-2H3. The van der Waals surface area contributed by atoms with Gasteiger partial charge in [0.05, 0.1) is 5.71 Å². The summed E-state index contributed by atoms with van der Waals surface area (Å²) in [7, 11) is 0. The third kappa shape index (κ3) is 2.80. The molecule has 0 heterocycles. The number of hydrogen-bond donors (Lipinski definition) is 1. The lowest BCUT2D eigenvalue weighted by molar-refractivity contribution is 0.106. The Morgan fingerprint density at radius 3 is 2.36 bits per heavy atom. The largest absolute Gasteiger partial charge is 0.301 e. The number of carbonyl (C=O) groups excluding carboxylic acids is 1. The first-order valence-corrected chi connectivity index (χ1v) is 4.78. The first-order valence-electron chi connectivity index (χ1n) is 4.78. The summed E-state index contributed by atoms with van der Waals surface area (Å²) in [6, 6.07) is 8.99. The van der Waals surface area contributed by atoms with E-state index in [0.29, 0.717) is 17.9 Å².